The SMILES string of the molecule is CC(N)(CN1CCn2ccnc2C1)c1ccccc1. The molecule has 1 unspecified atom stereocenters. The molecule has 3 rings (SSSR count). The number of fused-ring (bicyclic) bond motifs is 1. The van der Waals surface area contributed by atoms with E-state index >= 15 is 0 Å². The first-order chi connectivity index (χ1) is 9.15. The molecule has 1 aromatic carbocycles. The summed E-state index contributed by atoms with van der Waals surface area (Å²) < 4.78 is 2.22. The van der Waals surface area contributed by atoms with Crippen LogP contribution in [0.5, 0.6) is 0 Å². The minimum Gasteiger partial charge on any atom is -0.333 e. The summed E-state index contributed by atoms with van der Waals surface area (Å²) in [5, 5.41) is 0. The molecule has 2 N–H and O–H groups in total. The lowest BCUT2D eigenvalue weighted by Gasteiger charge is -2.35. The van der Waals surface area contributed by atoms with Crippen LogP contribution in [-0.4, -0.2) is 27.5 Å². The van der Waals surface area contributed by atoms with Crippen molar-refractivity contribution in [1.29, 1.82) is 0 Å². The zero-order valence-corrected chi connectivity index (χ0v) is 11.3. The quantitative estimate of drug-likeness (QED) is 0.907. The Labute approximate surface area is 113 Å². The summed E-state index contributed by atoms with van der Waals surface area (Å²) in [7, 11) is 0. The van der Waals surface area contributed by atoms with Gasteiger partial charge in [0.2, 0.25) is 0 Å². The van der Waals surface area contributed by atoms with Crippen molar-refractivity contribution in [2.24, 2.45) is 5.73 Å². The molecule has 100 valence electrons. The van der Waals surface area contributed by atoms with Crippen molar-refractivity contribution in [1.82, 2.24) is 14.5 Å². The van der Waals surface area contributed by atoms with Crippen molar-refractivity contribution in [3.8, 4) is 0 Å². The molecular weight excluding hydrogens is 236 g/mol. The van der Waals surface area contributed by atoms with Crippen LogP contribution in [0.15, 0.2) is 42.7 Å². The maximum Gasteiger partial charge on any atom is 0.122 e. The average molecular weight is 256 g/mol. The Hall–Kier alpha value is -1.65. The summed E-state index contributed by atoms with van der Waals surface area (Å²) in [5.74, 6) is 1.13. The highest BCUT2D eigenvalue weighted by molar-refractivity contribution is 5.23. The molecule has 0 radical (unpaired) electrons. The first-order valence-corrected chi connectivity index (χ1v) is 6.72. The average Bonchev–Trinajstić information content (AvgIpc) is 2.87. The van der Waals surface area contributed by atoms with Gasteiger partial charge in [0, 0.05) is 32.0 Å². The molecule has 1 atom stereocenters. The second-order valence-corrected chi connectivity index (χ2v) is 5.53. The fraction of sp³-hybridized carbons (Fsp3) is 0.400. The van der Waals surface area contributed by atoms with Crippen LogP contribution < -0.4 is 5.73 Å². The molecule has 0 spiro atoms. The van der Waals surface area contributed by atoms with Crippen LogP contribution in [0.1, 0.15) is 18.3 Å². The minimum absolute atomic E-state index is 0.323. The van der Waals surface area contributed by atoms with Crippen molar-refractivity contribution < 1.29 is 0 Å². The second-order valence-electron chi connectivity index (χ2n) is 5.53. The normalized spacial score (nSPS) is 18.8. The molecule has 1 aliphatic heterocycles. The van der Waals surface area contributed by atoms with Gasteiger partial charge in [0.05, 0.1) is 12.1 Å². The zero-order chi connectivity index (χ0) is 13.3. The first-order valence-electron chi connectivity index (χ1n) is 6.72. The smallest absolute Gasteiger partial charge is 0.122 e. The van der Waals surface area contributed by atoms with Gasteiger partial charge in [-0.05, 0) is 12.5 Å². The third kappa shape index (κ3) is 2.55. The maximum atomic E-state index is 6.50. The van der Waals surface area contributed by atoms with E-state index in [2.05, 4.69) is 33.5 Å². The molecule has 0 bridgehead atoms. The number of hydrogen-bond acceptors (Lipinski definition) is 3. The fourth-order valence-corrected chi connectivity index (χ4v) is 2.73. The van der Waals surface area contributed by atoms with Gasteiger partial charge in [-0.25, -0.2) is 4.98 Å². The summed E-state index contributed by atoms with van der Waals surface area (Å²) in [6.07, 6.45) is 3.92. The molecule has 0 saturated heterocycles. The molecule has 4 heteroatoms. The van der Waals surface area contributed by atoms with Crippen LogP contribution in [0.2, 0.25) is 0 Å². The largest absolute Gasteiger partial charge is 0.333 e. The maximum absolute atomic E-state index is 6.50. The molecule has 0 aliphatic carbocycles. The fourth-order valence-electron chi connectivity index (χ4n) is 2.73. The van der Waals surface area contributed by atoms with E-state index in [9.17, 15) is 0 Å². The van der Waals surface area contributed by atoms with E-state index in [1.807, 2.05) is 30.6 Å². The molecule has 4 nitrogen and oxygen atoms in total. The Morgan fingerprint density at radius 2 is 2.05 bits per heavy atom. The Balaban J connectivity index is 1.72. The Bertz CT molecular complexity index is 544. The summed E-state index contributed by atoms with van der Waals surface area (Å²) in [4.78, 5) is 6.77. The second kappa shape index (κ2) is 4.79. The highest BCUT2D eigenvalue weighted by atomic mass is 15.2. The lowest BCUT2D eigenvalue weighted by molar-refractivity contribution is 0.175. The van der Waals surface area contributed by atoms with Gasteiger partial charge in [0.15, 0.2) is 0 Å². The van der Waals surface area contributed by atoms with Crippen LogP contribution in [0.3, 0.4) is 0 Å². The van der Waals surface area contributed by atoms with Gasteiger partial charge in [0.25, 0.3) is 0 Å². The zero-order valence-electron chi connectivity index (χ0n) is 11.3. The lowest BCUT2D eigenvalue weighted by Crippen LogP contribution is -2.47. The van der Waals surface area contributed by atoms with Crippen LogP contribution in [-0.2, 0) is 18.6 Å². The molecular formula is C15H20N4. The minimum atomic E-state index is -0.323. The third-order valence-corrected chi connectivity index (χ3v) is 3.81. The van der Waals surface area contributed by atoms with Crippen LogP contribution in [0.25, 0.3) is 0 Å². The van der Waals surface area contributed by atoms with Crippen LogP contribution in [0, 0.1) is 0 Å². The van der Waals surface area contributed by atoms with Crippen LogP contribution in [0.4, 0.5) is 0 Å². The van der Waals surface area contributed by atoms with E-state index in [0.29, 0.717) is 0 Å². The molecule has 2 aromatic rings. The van der Waals surface area contributed by atoms with Gasteiger partial charge in [-0.1, -0.05) is 30.3 Å². The number of imidazole rings is 1. The number of aromatic nitrogens is 2. The standard InChI is InChI=1S/C15H20N4/c1-15(16,13-5-3-2-4-6-13)12-18-9-10-19-8-7-17-14(19)11-18/h2-8H,9-12,16H2,1H3. The molecule has 1 aromatic heterocycles. The van der Waals surface area contributed by atoms with E-state index < -0.39 is 0 Å². The Morgan fingerprint density at radius 3 is 2.84 bits per heavy atom. The first kappa shape index (κ1) is 12.4. The molecule has 0 amide bonds. The van der Waals surface area contributed by atoms with Gasteiger partial charge in [0.1, 0.15) is 5.82 Å². The predicted molar refractivity (Wildman–Crippen MR) is 75.5 cm³/mol. The summed E-state index contributed by atoms with van der Waals surface area (Å²) in [6, 6.07) is 10.3. The van der Waals surface area contributed by atoms with Gasteiger partial charge in [-0.2, -0.15) is 0 Å². The number of hydrogen-bond donors (Lipinski definition) is 1. The molecule has 0 fully saturated rings. The summed E-state index contributed by atoms with van der Waals surface area (Å²) in [5.41, 5.74) is 7.36. The molecule has 1 aliphatic rings. The van der Waals surface area contributed by atoms with Crippen molar-refractivity contribution in [2.75, 3.05) is 13.1 Å². The van der Waals surface area contributed by atoms with Crippen LogP contribution >= 0.6 is 0 Å². The highest BCUT2D eigenvalue weighted by Gasteiger charge is 2.26. The summed E-state index contributed by atoms with van der Waals surface area (Å²) >= 11 is 0. The van der Waals surface area contributed by atoms with Gasteiger partial charge in [-0.3, -0.25) is 4.90 Å². The highest BCUT2D eigenvalue weighted by Crippen LogP contribution is 2.21. The van der Waals surface area contributed by atoms with E-state index in [-0.39, 0.29) is 5.54 Å². The third-order valence-electron chi connectivity index (χ3n) is 3.81. The molecule has 0 saturated carbocycles. The monoisotopic (exact) mass is 256 g/mol. The van der Waals surface area contributed by atoms with Gasteiger partial charge < -0.3 is 10.3 Å². The van der Waals surface area contributed by atoms with Crippen molar-refractivity contribution in [2.45, 2.75) is 25.6 Å². The Kier molecular flexibility index (Phi) is 3.12. The van der Waals surface area contributed by atoms with Crippen molar-refractivity contribution in [3.63, 3.8) is 0 Å². The number of nitrogens with zero attached hydrogens (tertiary/aromatic N) is 3. The van der Waals surface area contributed by atoms with E-state index in [0.717, 1.165) is 32.0 Å². The van der Waals surface area contributed by atoms with E-state index in [1.165, 1.54) is 5.56 Å². The topological polar surface area (TPSA) is 47.1 Å². The molecule has 19 heavy (non-hydrogen) atoms. The van der Waals surface area contributed by atoms with Crippen molar-refractivity contribution in [3.05, 3.63) is 54.1 Å². The summed E-state index contributed by atoms with van der Waals surface area (Å²) in [6.45, 7) is 5.86. The Morgan fingerprint density at radius 1 is 1.26 bits per heavy atom. The lowest BCUT2D eigenvalue weighted by atomic mass is 9.92. The van der Waals surface area contributed by atoms with Gasteiger partial charge in [-0.15, -0.1) is 0 Å². The number of nitrogens with two attached hydrogens (primary N) is 1. The predicted octanol–water partition coefficient (Wildman–Crippen LogP) is 1.57. The van der Waals surface area contributed by atoms with Crippen molar-refractivity contribution >= 4 is 0 Å². The molecule has 2 heterocycles. The van der Waals surface area contributed by atoms with E-state index in [1.54, 1.807) is 0 Å². The van der Waals surface area contributed by atoms with E-state index in [4.69, 9.17) is 5.73 Å². The number of benzene rings is 1. The van der Waals surface area contributed by atoms with Gasteiger partial charge >= 0.3 is 0 Å². The number of rotatable bonds is 3.